The second-order valence-corrected chi connectivity index (χ2v) is 4.92. The molecule has 2 aromatic rings. The van der Waals surface area contributed by atoms with Crippen LogP contribution in [0.4, 0.5) is 10.5 Å². The zero-order valence-corrected chi connectivity index (χ0v) is 12.5. The molecular formula is C17H20N2O3. The van der Waals surface area contributed by atoms with Gasteiger partial charge in [-0.05, 0) is 43.2 Å². The molecule has 0 saturated heterocycles. The molecule has 0 bridgehead atoms. The van der Waals surface area contributed by atoms with Crippen LogP contribution in [0.15, 0.2) is 48.5 Å². The third-order valence-electron chi connectivity index (χ3n) is 3.02. The lowest BCUT2D eigenvalue weighted by Crippen LogP contribution is -2.30. The van der Waals surface area contributed by atoms with Gasteiger partial charge in [0, 0.05) is 6.54 Å². The van der Waals surface area contributed by atoms with Crippen molar-refractivity contribution in [2.45, 2.75) is 13.3 Å². The molecule has 116 valence electrons. The first kappa shape index (κ1) is 15.7. The standard InChI is InChI=1S/C17H20N2O3/c1-13-8-9-15(16(20)12-13)19-17(21)18-10-5-11-22-14-6-3-2-4-7-14/h2-4,6-9,12,20H,5,10-11H2,1H3,(H2,18,19,21). The van der Waals surface area contributed by atoms with E-state index in [-0.39, 0.29) is 11.8 Å². The maximum Gasteiger partial charge on any atom is 0.319 e. The highest BCUT2D eigenvalue weighted by molar-refractivity contribution is 5.90. The monoisotopic (exact) mass is 300 g/mol. The predicted molar refractivity (Wildman–Crippen MR) is 86.4 cm³/mol. The van der Waals surface area contributed by atoms with E-state index in [0.29, 0.717) is 25.3 Å². The summed E-state index contributed by atoms with van der Waals surface area (Å²) < 4.78 is 5.53. The summed E-state index contributed by atoms with van der Waals surface area (Å²) in [4.78, 5) is 11.7. The minimum absolute atomic E-state index is 0.0579. The van der Waals surface area contributed by atoms with Gasteiger partial charge in [0.05, 0.1) is 12.3 Å². The molecule has 0 spiro atoms. The summed E-state index contributed by atoms with van der Waals surface area (Å²) in [5.74, 6) is 0.874. The fourth-order valence-electron chi connectivity index (χ4n) is 1.89. The van der Waals surface area contributed by atoms with Gasteiger partial charge in [-0.3, -0.25) is 0 Å². The second-order valence-electron chi connectivity index (χ2n) is 4.92. The van der Waals surface area contributed by atoms with Crippen LogP contribution in [0.3, 0.4) is 0 Å². The molecule has 0 heterocycles. The average molecular weight is 300 g/mol. The van der Waals surface area contributed by atoms with E-state index in [0.717, 1.165) is 11.3 Å². The van der Waals surface area contributed by atoms with Crippen molar-refractivity contribution in [3.63, 3.8) is 0 Å². The Balaban J connectivity index is 1.65. The first-order valence-corrected chi connectivity index (χ1v) is 7.17. The van der Waals surface area contributed by atoms with Crippen LogP contribution in [0.5, 0.6) is 11.5 Å². The van der Waals surface area contributed by atoms with Gasteiger partial charge in [-0.25, -0.2) is 4.79 Å². The van der Waals surface area contributed by atoms with E-state index >= 15 is 0 Å². The van der Waals surface area contributed by atoms with Crippen molar-refractivity contribution < 1.29 is 14.6 Å². The topological polar surface area (TPSA) is 70.6 Å². The van der Waals surface area contributed by atoms with E-state index < -0.39 is 0 Å². The molecule has 5 nitrogen and oxygen atoms in total. The number of para-hydroxylation sites is 1. The average Bonchev–Trinajstić information content (AvgIpc) is 2.51. The SMILES string of the molecule is Cc1ccc(NC(=O)NCCCOc2ccccc2)c(O)c1. The normalized spacial score (nSPS) is 10.0. The molecule has 2 rings (SSSR count). The zero-order valence-electron chi connectivity index (χ0n) is 12.5. The van der Waals surface area contributed by atoms with E-state index in [4.69, 9.17) is 4.74 Å². The molecule has 0 atom stereocenters. The zero-order chi connectivity index (χ0) is 15.8. The van der Waals surface area contributed by atoms with Crippen molar-refractivity contribution in [3.8, 4) is 11.5 Å². The number of hydrogen-bond acceptors (Lipinski definition) is 3. The van der Waals surface area contributed by atoms with Crippen LogP contribution in [0, 0.1) is 6.92 Å². The first-order valence-electron chi connectivity index (χ1n) is 7.17. The molecule has 0 aliphatic carbocycles. The maximum absolute atomic E-state index is 11.7. The van der Waals surface area contributed by atoms with Crippen molar-refractivity contribution in [2.75, 3.05) is 18.5 Å². The maximum atomic E-state index is 11.7. The van der Waals surface area contributed by atoms with Gasteiger partial charge in [-0.15, -0.1) is 0 Å². The number of phenols is 1. The lowest BCUT2D eigenvalue weighted by atomic mass is 10.2. The number of urea groups is 1. The molecule has 2 amide bonds. The van der Waals surface area contributed by atoms with E-state index in [1.807, 2.05) is 43.3 Å². The van der Waals surface area contributed by atoms with E-state index in [1.165, 1.54) is 0 Å². The Kier molecular flexibility index (Phi) is 5.65. The van der Waals surface area contributed by atoms with Gasteiger partial charge in [0.15, 0.2) is 0 Å². The van der Waals surface area contributed by atoms with Crippen molar-refractivity contribution in [2.24, 2.45) is 0 Å². The number of amides is 2. The summed E-state index contributed by atoms with van der Waals surface area (Å²) in [7, 11) is 0. The fourth-order valence-corrected chi connectivity index (χ4v) is 1.89. The van der Waals surface area contributed by atoms with Gasteiger partial charge >= 0.3 is 6.03 Å². The van der Waals surface area contributed by atoms with Crippen molar-refractivity contribution >= 4 is 11.7 Å². The minimum Gasteiger partial charge on any atom is -0.506 e. The first-order chi connectivity index (χ1) is 10.6. The number of benzene rings is 2. The number of anilines is 1. The number of aromatic hydroxyl groups is 1. The van der Waals surface area contributed by atoms with Gasteiger partial charge in [-0.1, -0.05) is 24.3 Å². The lowest BCUT2D eigenvalue weighted by Gasteiger charge is -2.10. The van der Waals surface area contributed by atoms with Gasteiger partial charge in [0.1, 0.15) is 11.5 Å². The Morgan fingerprint density at radius 1 is 1.18 bits per heavy atom. The van der Waals surface area contributed by atoms with Crippen LogP contribution in [-0.2, 0) is 0 Å². The number of nitrogens with one attached hydrogen (secondary N) is 2. The Hall–Kier alpha value is -2.69. The molecule has 0 radical (unpaired) electrons. The van der Waals surface area contributed by atoms with Crippen LogP contribution in [0.2, 0.25) is 0 Å². The highest BCUT2D eigenvalue weighted by Gasteiger charge is 2.05. The highest BCUT2D eigenvalue weighted by Crippen LogP contribution is 2.23. The number of hydrogen-bond donors (Lipinski definition) is 3. The quantitative estimate of drug-likeness (QED) is 0.566. The Bertz CT molecular complexity index is 615. The Morgan fingerprint density at radius 2 is 1.95 bits per heavy atom. The predicted octanol–water partition coefficient (Wildman–Crippen LogP) is 3.29. The van der Waals surface area contributed by atoms with Crippen LogP contribution >= 0.6 is 0 Å². The molecular weight excluding hydrogens is 280 g/mol. The molecule has 0 saturated carbocycles. The lowest BCUT2D eigenvalue weighted by molar-refractivity contribution is 0.250. The molecule has 2 aromatic carbocycles. The van der Waals surface area contributed by atoms with E-state index in [2.05, 4.69) is 10.6 Å². The van der Waals surface area contributed by atoms with Gasteiger partial charge < -0.3 is 20.5 Å². The number of rotatable bonds is 6. The fraction of sp³-hybridized carbons (Fsp3) is 0.235. The third kappa shape index (κ3) is 5.01. The molecule has 0 aliphatic heterocycles. The van der Waals surface area contributed by atoms with Crippen LogP contribution < -0.4 is 15.4 Å². The summed E-state index contributed by atoms with van der Waals surface area (Å²) in [5.41, 5.74) is 1.32. The summed E-state index contributed by atoms with van der Waals surface area (Å²) in [6, 6.07) is 14.3. The molecule has 0 aromatic heterocycles. The van der Waals surface area contributed by atoms with Gasteiger partial charge in [0.2, 0.25) is 0 Å². The van der Waals surface area contributed by atoms with Crippen LogP contribution in [0.1, 0.15) is 12.0 Å². The number of carbonyl (C=O) groups excluding carboxylic acids is 1. The smallest absolute Gasteiger partial charge is 0.319 e. The highest BCUT2D eigenvalue weighted by atomic mass is 16.5. The number of carbonyl (C=O) groups is 1. The van der Waals surface area contributed by atoms with Gasteiger partial charge in [0.25, 0.3) is 0 Å². The van der Waals surface area contributed by atoms with E-state index in [9.17, 15) is 9.90 Å². The summed E-state index contributed by atoms with van der Waals surface area (Å²) in [6.07, 6.45) is 0.697. The van der Waals surface area contributed by atoms with E-state index in [1.54, 1.807) is 12.1 Å². The summed E-state index contributed by atoms with van der Waals surface area (Å²) in [5, 5.41) is 15.0. The third-order valence-corrected chi connectivity index (χ3v) is 3.02. The largest absolute Gasteiger partial charge is 0.506 e. The molecule has 0 fully saturated rings. The minimum atomic E-state index is -0.348. The number of phenolic OH excluding ortho intramolecular Hbond substituents is 1. The Morgan fingerprint density at radius 3 is 2.68 bits per heavy atom. The van der Waals surface area contributed by atoms with Crippen molar-refractivity contribution in [1.29, 1.82) is 0 Å². The number of ether oxygens (including phenoxy) is 1. The summed E-state index contributed by atoms with van der Waals surface area (Å²) in [6.45, 7) is 2.89. The van der Waals surface area contributed by atoms with Crippen LogP contribution in [-0.4, -0.2) is 24.3 Å². The van der Waals surface area contributed by atoms with Crippen molar-refractivity contribution in [3.05, 3.63) is 54.1 Å². The molecule has 3 N–H and O–H groups in total. The molecule has 0 aliphatic rings. The second kappa shape index (κ2) is 7.93. The molecule has 0 unspecified atom stereocenters. The molecule has 5 heteroatoms. The number of aryl methyl sites for hydroxylation is 1. The van der Waals surface area contributed by atoms with Crippen molar-refractivity contribution in [1.82, 2.24) is 5.32 Å². The summed E-state index contributed by atoms with van der Waals surface area (Å²) >= 11 is 0. The van der Waals surface area contributed by atoms with Crippen LogP contribution in [0.25, 0.3) is 0 Å². The Labute approximate surface area is 129 Å². The van der Waals surface area contributed by atoms with Gasteiger partial charge in [-0.2, -0.15) is 0 Å². The molecule has 22 heavy (non-hydrogen) atoms.